The maximum Gasteiger partial charge on any atom is 0.241 e. The van der Waals surface area contributed by atoms with Crippen LogP contribution in [0.3, 0.4) is 0 Å². The van der Waals surface area contributed by atoms with E-state index < -0.39 is 15.9 Å². The number of nitrogens with zero attached hydrogens (tertiary/aromatic N) is 1. The van der Waals surface area contributed by atoms with E-state index >= 15 is 0 Å². The molecule has 1 aliphatic rings. The first kappa shape index (κ1) is 21.9. The van der Waals surface area contributed by atoms with E-state index in [4.69, 9.17) is 0 Å². The molecule has 0 spiro atoms. The summed E-state index contributed by atoms with van der Waals surface area (Å²) in [6.07, 6.45) is 5.84. The van der Waals surface area contributed by atoms with Gasteiger partial charge in [-0.1, -0.05) is 69.9 Å². The highest BCUT2D eigenvalue weighted by atomic mass is 32.2. The van der Waals surface area contributed by atoms with Gasteiger partial charge in [-0.25, -0.2) is 8.42 Å². The van der Waals surface area contributed by atoms with E-state index in [2.05, 4.69) is 19.2 Å². The molecule has 1 atom stereocenters. The molecule has 1 unspecified atom stereocenters. The summed E-state index contributed by atoms with van der Waals surface area (Å²) in [5.74, 6) is 0.978. The minimum absolute atomic E-state index is 0.0253. The number of carbonyl (C=O) groups excluding carboxylic acids is 1. The minimum Gasteiger partial charge on any atom is -0.354 e. The SMILES string of the molecule is CC(C)CCCCCCNC(=O)C(c1ccccc1)N1CCS(=O)(=O)CC1. The molecule has 1 fully saturated rings. The average Bonchev–Trinajstić information content (AvgIpc) is 2.63. The Kier molecular flexibility index (Phi) is 8.77. The van der Waals surface area contributed by atoms with Crippen LogP contribution in [-0.4, -0.2) is 50.4 Å². The largest absolute Gasteiger partial charge is 0.354 e. The van der Waals surface area contributed by atoms with Crippen molar-refractivity contribution >= 4 is 15.7 Å². The summed E-state index contributed by atoms with van der Waals surface area (Å²) in [7, 11) is -2.97. The van der Waals surface area contributed by atoms with Gasteiger partial charge in [-0.2, -0.15) is 0 Å². The van der Waals surface area contributed by atoms with Crippen LogP contribution in [0.2, 0.25) is 0 Å². The number of nitrogens with one attached hydrogen (secondary N) is 1. The van der Waals surface area contributed by atoms with Crippen molar-refractivity contribution in [1.29, 1.82) is 0 Å². The lowest BCUT2D eigenvalue weighted by molar-refractivity contribution is -0.126. The monoisotopic (exact) mass is 394 g/mol. The van der Waals surface area contributed by atoms with Crippen molar-refractivity contribution in [3.05, 3.63) is 35.9 Å². The maximum absolute atomic E-state index is 12.9. The van der Waals surface area contributed by atoms with E-state index in [-0.39, 0.29) is 17.4 Å². The smallest absolute Gasteiger partial charge is 0.241 e. The number of unbranched alkanes of at least 4 members (excludes halogenated alkanes) is 3. The fraction of sp³-hybridized carbons (Fsp3) is 0.667. The van der Waals surface area contributed by atoms with Gasteiger partial charge < -0.3 is 5.32 Å². The molecule has 1 aromatic rings. The van der Waals surface area contributed by atoms with Gasteiger partial charge in [-0.05, 0) is 17.9 Å². The molecule has 1 saturated heterocycles. The predicted molar refractivity (Wildman–Crippen MR) is 110 cm³/mol. The summed E-state index contributed by atoms with van der Waals surface area (Å²) in [5.41, 5.74) is 0.922. The van der Waals surface area contributed by atoms with E-state index in [9.17, 15) is 13.2 Å². The first-order valence-electron chi connectivity index (χ1n) is 10.2. The van der Waals surface area contributed by atoms with Crippen LogP contribution in [0.5, 0.6) is 0 Å². The van der Waals surface area contributed by atoms with E-state index in [1.165, 1.54) is 19.3 Å². The van der Waals surface area contributed by atoms with E-state index in [1.54, 1.807) is 0 Å². The Labute approximate surface area is 164 Å². The molecular weight excluding hydrogens is 360 g/mol. The fourth-order valence-corrected chi connectivity index (χ4v) is 4.72. The fourth-order valence-electron chi connectivity index (χ4n) is 3.49. The number of benzene rings is 1. The number of hydrogen-bond acceptors (Lipinski definition) is 4. The van der Waals surface area contributed by atoms with Gasteiger partial charge in [0.1, 0.15) is 6.04 Å². The third kappa shape index (κ3) is 7.62. The summed E-state index contributed by atoms with van der Waals surface area (Å²) >= 11 is 0. The van der Waals surface area contributed by atoms with Crippen LogP contribution in [0.15, 0.2) is 30.3 Å². The Morgan fingerprint density at radius 3 is 2.30 bits per heavy atom. The van der Waals surface area contributed by atoms with Gasteiger partial charge in [-0.3, -0.25) is 9.69 Å². The second-order valence-corrected chi connectivity index (χ2v) is 10.2. The summed E-state index contributed by atoms with van der Waals surface area (Å²) in [4.78, 5) is 14.9. The molecule has 0 aliphatic carbocycles. The van der Waals surface area contributed by atoms with Gasteiger partial charge in [0, 0.05) is 19.6 Å². The van der Waals surface area contributed by atoms with Crippen LogP contribution in [0, 0.1) is 5.92 Å². The van der Waals surface area contributed by atoms with Crippen LogP contribution in [0.25, 0.3) is 0 Å². The van der Waals surface area contributed by atoms with Crippen molar-refractivity contribution < 1.29 is 13.2 Å². The van der Waals surface area contributed by atoms with Gasteiger partial charge in [0.2, 0.25) is 5.91 Å². The Morgan fingerprint density at radius 1 is 1.04 bits per heavy atom. The third-order valence-corrected chi connectivity index (χ3v) is 6.72. The van der Waals surface area contributed by atoms with Crippen LogP contribution < -0.4 is 5.32 Å². The molecular formula is C21H34N2O3S. The Balaban J connectivity index is 1.87. The van der Waals surface area contributed by atoms with Crippen molar-refractivity contribution in [2.45, 2.75) is 52.0 Å². The van der Waals surface area contributed by atoms with Gasteiger partial charge in [0.05, 0.1) is 11.5 Å². The molecule has 0 saturated carbocycles. The van der Waals surface area contributed by atoms with Crippen LogP contribution in [0.1, 0.15) is 57.6 Å². The molecule has 5 nitrogen and oxygen atoms in total. The number of amides is 1. The van der Waals surface area contributed by atoms with Crippen molar-refractivity contribution in [2.24, 2.45) is 5.92 Å². The van der Waals surface area contributed by atoms with Crippen LogP contribution >= 0.6 is 0 Å². The maximum atomic E-state index is 12.9. The quantitative estimate of drug-likeness (QED) is 0.619. The first-order valence-corrected chi connectivity index (χ1v) is 12.0. The second-order valence-electron chi connectivity index (χ2n) is 7.89. The highest BCUT2D eigenvalue weighted by molar-refractivity contribution is 7.91. The molecule has 1 aliphatic heterocycles. The van der Waals surface area contributed by atoms with Crippen molar-refractivity contribution in [3.8, 4) is 0 Å². The van der Waals surface area contributed by atoms with E-state index in [0.717, 1.165) is 24.3 Å². The second kappa shape index (κ2) is 10.8. The molecule has 2 rings (SSSR count). The molecule has 1 amide bonds. The summed E-state index contributed by atoms with van der Waals surface area (Å²) < 4.78 is 23.5. The zero-order valence-electron chi connectivity index (χ0n) is 16.7. The lowest BCUT2D eigenvalue weighted by Gasteiger charge is -2.33. The number of sulfone groups is 1. The standard InChI is InChI=1S/C21H34N2O3S/c1-18(2)10-6-3-4-9-13-22-21(24)20(19-11-7-5-8-12-19)23-14-16-27(25,26)17-15-23/h5,7-8,11-12,18,20H,3-4,6,9-10,13-17H2,1-2H3,(H,22,24). The molecule has 0 aromatic heterocycles. The average molecular weight is 395 g/mol. The van der Waals surface area contributed by atoms with Crippen molar-refractivity contribution in [1.82, 2.24) is 10.2 Å². The first-order chi connectivity index (χ1) is 12.9. The third-order valence-electron chi connectivity index (χ3n) is 5.12. The van der Waals surface area contributed by atoms with Crippen molar-refractivity contribution in [2.75, 3.05) is 31.1 Å². The predicted octanol–water partition coefficient (Wildman–Crippen LogP) is 3.18. The zero-order valence-corrected chi connectivity index (χ0v) is 17.5. The normalized spacial score (nSPS) is 18.3. The Morgan fingerprint density at radius 2 is 1.67 bits per heavy atom. The summed E-state index contributed by atoms with van der Waals surface area (Å²) in [5, 5.41) is 3.07. The molecule has 27 heavy (non-hydrogen) atoms. The van der Waals surface area contributed by atoms with Crippen LogP contribution in [-0.2, 0) is 14.6 Å². The molecule has 6 heteroatoms. The van der Waals surface area contributed by atoms with Crippen LogP contribution in [0.4, 0.5) is 0 Å². The number of hydrogen-bond donors (Lipinski definition) is 1. The van der Waals surface area contributed by atoms with Gasteiger partial charge in [-0.15, -0.1) is 0 Å². The molecule has 1 aromatic carbocycles. The number of rotatable bonds is 10. The van der Waals surface area contributed by atoms with Gasteiger partial charge >= 0.3 is 0 Å². The molecule has 1 N–H and O–H groups in total. The van der Waals surface area contributed by atoms with E-state index in [1.807, 2.05) is 35.2 Å². The highest BCUT2D eigenvalue weighted by Gasteiger charge is 2.32. The van der Waals surface area contributed by atoms with E-state index in [0.29, 0.717) is 19.6 Å². The molecule has 0 radical (unpaired) electrons. The Bertz CT molecular complexity index is 660. The van der Waals surface area contributed by atoms with Crippen molar-refractivity contribution in [3.63, 3.8) is 0 Å². The molecule has 0 bridgehead atoms. The topological polar surface area (TPSA) is 66.5 Å². The summed E-state index contributed by atoms with van der Waals surface area (Å²) in [6, 6.07) is 9.24. The lowest BCUT2D eigenvalue weighted by atomic mass is 10.0. The number of carbonyl (C=O) groups is 1. The highest BCUT2D eigenvalue weighted by Crippen LogP contribution is 2.23. The zero-order chi connectivity index (χ0) is 19.7. The molecule has 1 heterocycles. The van der Waals surface area contributed by atoms with Gasteiger partial charge in [0.25, 0.3) is 0 Å². The molecule has 152 valence electrons. The lowest BCUT2D eigenvalue weighted by Crippen LogP contribution is -2.47. The summed E-state index contributed by atoms with van der Waals surface area (Å²) in [6.45, 7) is 5.98. The Hall–Kier alpha value is -1.40. The van der Waals surface area contributed by atoms with Gasteiger partial charge in [0.15, 0.2) is 9.84 Å². The minimum atomic E-state index is -2.97.